The minimum absolute atomic E-state index is 0.324. The van der Waals surface area contributed by atoms with Crippen LogP contribution in [0, 0.1) is 0 Å². The van der Waals surface area contributed by atoms with Crippen LogP contribution in [0.3, 0.4) is 0 Å². The first-order chi connectivity index (χ1) is 17.0. The van der Waals surface area contributed by atoms with Crippen LogP contribution in [0.5, 0.6) is 0 Å². The Morgan fingerprint density at radius 1 is 0.629 bits per heavy atom. The van der Waals surface area contributed by atoms with Crippen molar-refractivity contribution in [3.63, 3.8) is 0 Å². The average molecular weight is 477 g/mol. The van der Waals surface area contributed by atoms with Gasteiger partial charge in [0.2, 0.25) is 0 Å². The van der Waals surface area contributed by atoms with Crippen molar-refractivity contribution in [3.8, 4) is 0 Å². The molecule has 0 amide bonds. The molecule has 0 saturated carbocycles. The van der Waals surface area contributed by atoms with Crippen LogP contribution in [0.4, 0.5) is 0 Å². The van der Waals surface area contributed by atoms with Gasteiger partial charge in [-0.05, 0) is 37.5 Å². The first-order valence-corrected chi connectivity index (χ1v) is 12.2. The zero-order chi connectivity index (χ0) is 24.5. The van der Waals surface area contributed by atoms with Gasteiger partial charge in [0.1, 0.15) is 18.3 Å². The highest BCUT2D eigenvalue weighted by atomic mass is 16.7. The Bertz CT molecular complexity index is 988. The van der Waals surface area contributed by atoms with Gasteiger partial charge in [-0.25, -0.2) is 0 Å². The fraction of sp³-hybridized carbons (Fsp3) is 0.400. The molecule has 0 radical (unpaired) electrons. The SMILES string of the molecule is CC(C)(C)O[C@H]1O[C@H](COCc2ccccc2)[C@@H](OCc2ccccc2)[C@H]1OCc1ccccc1. The van der Waals surface area contributed by atoms with E-state index < -0.39 is 18.0 Å². The third-order valence-corrected chi connectivity index (χ3v) is 5.70. The molecule has 186 valence electrons. The molecule has 1 heterocycles. The Kier molecular flexibility index (Phi) is 9.07. The van der Waals surface area contributed by atoms with Crippen molar-refractivity contribution in [2.75, 3.05) is 6.61 Å². The van der Waals surface area contributed by atoms with Crippen LogP contribution in [0.2, 0.25) is 0 Å². The van der Waals surface area contributed by atoms with Crippen LogP contribution < -0.4 is 0 Å². The van der Waals surface area contributed by atoms with E-state index in [4.69, 9.17) is 23.7 Å². The van der Waals surface area contributed by atoms with Gasteiger partial charge in [-0.1, -0.05) is 91.0 Å². The second kappa shape index (κ2) is 12.4. The molecule has 3 aromatic carbocycles. The molecular formula is C30H36O5. The fourth-order valence-corrected chi connectivity index (χ4v) is 4.05. The van der Waals surface area contributed by atoms with Crippen molar-refractivity contribution in [2.24, 2.45) is 0 Å². The van der Waals surface area contributed by atoms with E-state index in [1.807, 2.05) is 75.4 Å². The van der Waals surface area contributed by atoms with Gasteiger partial charge in [-0.15, -0.1) is 0 Å². The smallest absolute Gasteiger partial charge is 0.187 e. The monoisotopic (exact) mass is 476 g/mol. The van der Waals surface area contributed by atoms with Crippen molar-refractivity contribution in [3.05, 3.63) is 108 Å². The van der Waals surface area contributed by atoms with Crippen LogP contribution in [-0.4, -0.2) is 36.8 Å². The van der Waals surface area contributed by atoms with Crippen molar-refractivity contribution in [2.45, 2.75) is 70.8 Å². The summed E-state index contributed by atoms with van der Waals surface area (Å²) in [5.74, 6) is 0. The van der Waals surface area contributed by atoms with Crippen molar-refractivity contribution in [1.29, 1.82) is 0 Å². The molecule has 4 rings (SSSR count). The zero-order valence-electron chi connectivity index (χ0n) is 20.8. The Morgan fingerprint density at radius 2 is 1.09 bits per heavy atom. The number of rotatable bonds is 11. The normalized spacial score (nSPS) is 22.4. The van der Waals surface area contributed by atoms with E-state index >= 15 is 0 Å². The molecule has 5 heteroatoms. The molecule has 5 nitrogen and oxygen atoms in total. The summed E-state index contributed by atoms with van der Waals surface area (Å²) in [6.07, 6.45) is -1.63. The summed E-state index contributed by atoms with van der Waals surface area (Å²) in [7, 11) is 0. The summed E-state index contributed by atoms with van der Waals surface area (Å²) in [4.78, 5) is 0. The minimum Gasteiger partial charge on any atom is -0.374 e. The van der Waals surface area contributed by atoms with Crippen LogP contribution in [0.1, 0.15) is 37.5 Å². The van der Waals surface area contributed by atoms with Crippen molar-refractivity contribution in [1.82, 2.24) is 0 Å². The molecule has 0 bridgehead atoms. The molecule has 0 N–H and O–H groups in total. The van der Waals surface area contributed by atoms with Gasteiger partial charge in [0.25, 0.3) is 0 Å². The summed E-state index contributed by atoms with van der Waals surface area (Å²) in [6.45, 7) is 7.84. The Labute approximate surface area is 208 Å². The number of hydrogen-bond donors (Lipinski definition) is 0. The van der Waals surface area contributed by atoms with E-state index in [0.717, 1.165) is 16.7 Å². The molecule has 1 aliphatic heterocycles. The maximum absolute atomic E-state index is 6.44. The highest BCUT2D eigenvalue weighted by Crippen LogP contribution is 2.32. The molecule has 1 fully saturated rings. The molecule has 0 aromatic heterocycles. The zero-order valence-corrected chi connectivity index (χ0v) is 20.8. The summed E-state index contributed by atoms with van der Waals surface area (Å²) >= 11 is 0. The Balaban J connectivity index is 1.49. The third-order valence-electron chi connectivity index (χ3n) is 5.70. The Morgan fingerprint density at radius 3 is 1.57 bits per heavy atom. The molecule has 0 aliphatic carbocycles. The highest BCUT2D eigenvalue weighted by Gasteiger charge is 2.48. The van der Waals surface area contributed by atoms with E-state index in [2.05, 4.69) is 36.4 Å². The van der Waals surface area contributed by atoms with Gasteiger partial charge in [-0.3, -0.25) is 0 Å². The highest BCUT2D eigenvalue weighted by molar-refractivity contribution is 5.15. The molecule has 4 atom stereocenters. The molecule has 35 heavy (non-hydrogen) atoms. The summed E-state index contributed by atoms with van der Waals surface area (Å²) in [5, 5.41) is 0. The largest absolute Gasteiger partial charge is 0.374 e. The lowest BCUT2D eigenvalue weighted by Crippen LogP contribution is -2.41. The van der Waals surface area contributed by atoms with Gasteiger partial charge in [0.05, 0.1) is 32.0 Å². The predicted octanol–water partition coefficient (Wildman–Crippen LogP) is 5.91. The van der Waals surface area contributed by atoms with E-state index in [9.17, 15) is 0 Å². The summed E-state index contributed by atoms with van der Waals surface area (Å²) < 4.78 is 31.6. The molecule has 0 unspecified atom stereocenters. The standard InChI is InChI=1S/C30H36O5/c1-30(2,3)35-29-28(33-21-25-17-11-6-12-18-25)27(32-20-24-15-9-5-10-16-24)26(34-29)22-31-19-23-13-7-4-8-14-23/h4-18,26-29H,19-22H2,1-3H3/t26-,27-,28-,29-/m1/s1. The lowest BCUT2D eigenvalue weighted by Gasteiger charge is -2.29. The first-order valence-electron chi connectivity index (χ1n) is 12.2. The van der Waals surface area contributed by atoms with Crippen molar-refractivity contribution < 1.29 is 23.7 Å². The third kappa shape index (κ3) is 7.99. The molecule has 1 aliphatic rings. The second-order valence-corrected chi connectivity index (χ2v) is 9.80. The minimum atomic E-state index is -0.565. The van der Waals surface area contributed by atoms with Crippen LogP contribution >= 0.6 is 0 Å². The van der Waals surface area contributed by atoms with Crippen LogP contribution in [-0.2, 0) is 43.5 Å². The fourth-order valence-electron chi connectivity index (χ4n) is 4.05. The van der Waals surface area contributed by atoms with Crippen LogP contribution in [0.15, 0.2) is 91.0 Å². The maximum Gasteiger partial charge on any atom is 0.187 e. The maximum atomic E-state index is 6.44. The topological polar surface area (TPSA) is 46.2 Å². The van der Waals surface area contributed by atoms with E-state index in [1.165, 1.54) is 0 Å². The predicted molar refractivity (Wildman–Crippen MR) is 136 cm³/mol. The van der Waals surface area contributed by atoms with Crippen LogP contribution in [0.25, 0.3) is 0 Å². The average Bonchev–Trinajstić information content (AvgIpc) is 3.17. The quantitative estimate of drug-likeness (QED) is 0.344. The number of benzene rings is 3. The van der Waals surface area contributed by atoms with Gasteiger partial charge < -0.3 is 23.7 Å². The number of hydrogen-bond acceptors (Lipinski definition) is 5. The van der Waals surface area contributed by atoms with Gasteiger partial charge in [-0.2, -0.15) is 0 Å². The van der Waals surface area contributed by atoms with E-state index in [-0.39, 0.29) is 12.2 Å². The molecule has 0 spiro atoms. The second-order valence-electron chi connectivity index (χ2n) is 9.80. The van der Waals surface area contributed by atoms with E-state index in [0.29, 0.717) is 26.4 Å². The molecular weight excluding hydrogens is 440 g/mol. The summed E-state index contributed by atoms with van der Waals surface area (Å²) in [5.41, 5.74) is 2.90. The van der Waals surface area contributed by atoms with Gasteiger partial charge >= 0.3 is 0 Å². The lowest BCUT2D eigenvalue weighted by molar-refractivity contribution is -0.225. The van der Waals surface area contributed by atoms with Crippen molar-refractivity contribution >= 4 is 0 Å². The lowest BCUT2D eigenvalue weighted by atomic mass is 10.1. The first kappa shape index (κ1) is 25.5. The van der Waals surface area contributed by atoms with Gasteiger partial charge in [0.15, 0.2) is 6.29 Å². The Hall–Kier alpha value is -2.54. The van der Waals surface area contributed by atoms with E-state index in [1.54, 1.807) is 0 Å². The molecule has 1 saturated heterocycles. The summed E-state index contributed by atoms with van der Waals surface area (Å²) in [6, 6.07) is 30.4. The van der Waals surface area contributed by atoms with Gasteiger partial charge in [0, 0.05) is 0 Å². The molecule has 3 aromatic rings. The number of ether oxygens (including phenoxy) is 5.